The van der Waals surface area contributed by atoms with Crippen LogP contribution in [0.2, 0.25) is 15.1 Å². The Balaban J connectivity index is 1.49. The van der Waals surface area contributed by atoms with E-state index in [1.54, 1.807) is 61.5 Å². The van der Waals surface area contributed by atoms with Crippen LogP contribution in [0, 0.1) is 0 Å². The molecule has 0 unspecified atom stereocenters. The number of rotatable bonds is 10. The van der Waals surface area contributed by atoms with E-state index in [-0.39, 0.29) is 45.7 Å². The number of ether oxygens (including phenoxy) is 2. The molecule has 0 saturated carbocycles. The SMILES string of the molecule is COC(=O)C1=C(C)N(c2cccc(OC)c2)C(=O)/C1=C/c1ccc(CN(Cc2ccc(Cl)c(Cl)c2)S(=O)(=O)c2ccc(Cl)cc2)o1. The Morgan fingerprint density at radius 2 is 1.67 bits per heavy atom. The molecule has 0 N–H and O–H groups in total. The van der Waals surface area contributed by atoms with Crippen molar-refractivity contribution in [3.8, 4) is 5.75 Å². The van der Waals surface area contributed by atoms with Crippen molar-refractivity contribution in [1.82, 2.24) is 4.31 Å². The molecule has 9 nitrogen and oxygen atoms in total. The number of methoxy groups -OCH3 is 2. The summed E-state index contributed by atoms with van der Waals surface area (Å²) >= 11 is 18.3. The summed E-state index contributed by atoms with van der Waals surface area (Å²) in [6.07, 6.45) is 1.43. The average molecular weight is 702 g/mol. The second kappa shape index (κ2) is 13.7. The Labute approximate surface area is 281 Å². The van der Waals surface area contributed by atoms with E-state index in [1.165, 1.54) is 53.8 Å². The van der Waals surface area contributed by atoms with Crippen LogP contribution in [0.5, 0.6) is 5.75 Å². The Bertz CT molecular complexity index is 1990. The van der Waals surface area contributed by atoms with E-state index in [4.69, 9.17) is 48.7 Å². The van der Waals surface area contributed by atoms with E-state index in [0.717, 1.165) is 0 Å². The Kier molecular flexibility index (Phi) is 9.95. The number of allylic oxidation sites excluding steroid dienone is 1. The predicted molar refractivity (Wildman–Crippen MR) is 176 cm³/mol. The van der Waals surface area contributed by atoms with Crippen molar-refractivity contribution in [2.45, 2.75) is 24.9 Å². The summed E-state index contributed by atoms with van der Waals surface area (Å²) < 4.78 is 45.1. The first kappa shape index (κ1) is 33.3. The molecule has 46 heavy (non-hydrogen) atoms. The van der Waals surface area contributed by atoms with Crippen LogP contribution in [0.15, 0.2) is 105 Å². The molecule has 0 aliphatic carbocycles. The van der Waals surface area contributed by atoms with E-state index < -0.39 is 21.9 Å². The lowest BCUT2D eigenvalue weighted by atomic mass is 10.1. The van der Waals surface area contributed by atoms with Crippen molar-refractivity contribution in [2.75, 3.05) is 19.1 Å². The second-order valence-corrected chi connectivity index (χ2v) is 13.3. The number of carbonyl (C=O) groups excluding carboxylic acids is 2. The molecule has 1 aliphatic heterocycles. The van der Waals surface area contributed by atoms with Crippen molar-refractivity contribution < 1.29 is 31.9 Å². The number of anilines is 1. The maximum absolute atomic E-state index is 13.8. The number of amides is 1. The van der Waals surface area contributed by atoms with Gasteiger partial charge >= 0.3 is 5.97 Å². The molecule has 13 heteroatoms. The van der Waals surface area contributed by atoms with Gasteiger partial charge < -0.3 is 13.9 Å². The average Bonchev–Trinajstić information content (AvgIpc) is 3.58. The molecular formula is C33H27Cl3N2O7S. The highest BCUT2D eigenvalue weighted by atomic mass is 35.5. The van der Waals surface area contributed by atoms with Crippen molar-refractivity contribution in [3.63, 3.8) is 0 Å². The van der Waals surface area contributed by atoms with Gasteiger partial charge in [0.1, 0.15) is 17.3 Å². The first-order chi connectivity index (χ1) is 21.9. The lowest BCUT2D eigenvalue weighted by Crippen LogP contribution is -2.30. The number of furan rings is 1. The topological polar surface area (TPSA) is 106 Å². The molecule has 2 heterocycles. The fraction of sp³-hybridized carbons (Fsp3) is 0.152. The molecule has 0 saturated heterocycles. The maximum Gasteiger partial charge on any atom is 0.340 e. The van der Waals surface area contributed by atoms with Gasteiger partial charge in [0, 0.05) is 23.3 Å². The van der Waals surface area contributed by atoms with Gasteiger partial charge in [-0.05, 0) is 79.2 Å². The van der Waals surface area contributed by atoms with Gasteiger partial charge in [0.15, 0.2) is 0 Å². The van der Waals surface area contributed by atoms with Crippen LogP contribution in [-0.2, 0) is 37.4 Å². The second-order valence-electron chi connectivity index (χ2n) is 10.1. The van der Waals surface area contributed by atoms with Gasteiger partial charge in [-0.1, -0.05) is 46.9 Å². The van der Waals surface area contributed by atoms with Gasteiger partial charge in [-0.3, -0.25) is 9.69 Å². The first-order valence-electron chi connectivity index (χ1n) is 13.7. The first-order valence-corrected chi connectivity index (χ1v) is 16.3. The maximum atomic E-state index is 13.8. The van der Waals surface area contributed by atoms with Gasteiger partial charge in [-0.2, -0.15) is 4.31 Å². The number of hydrogen-bond donors (Lipinski definition) is 0. The normalized spacial score (nSPS) is 14.5. The van der Waals surface area contributed by atoms with Crippen molar-refractivity contribution in [2.24, 2.45) is 0 Å². The third kappa shape index (κ3) is 6.86. The molecule has 3 aromatic carbocycles. The smallest absolute Gasteiger partial charge is 0.340 e. The van der Waals surface area contributed by atoms with Gasteiger partial charge in [-0.25, -0.2) is 13.2 Å². The van der Waals surface area contributed by atoms with Gasteiger partial charge in [0.25, 0.3) is 5.91 Å². The molecule has 0 radical (unpaired) electrons. The molecule has 0 fully saturated rings. The minimum Gasteiger partial charge on any atom is -0.497 e. The van der Waals surface area contributed by atoms with E-state index in [1.807, 2.05) is 0 Å². The molecule has 0 atom stereocenters. The predicted octanol–water partition coefficient (Wildman–Crippen LogP) is 7.52. The summed E-state index contributed by atoms with van der Waals surface area (Å²) in [6, 6.07) is 20.7. The van der Waals surface area contributed by atoms with Crippen LogP contribution in [0.3, 0.4) is 0 Å². The summed E-state index contributed by atoms with van der Waals surface area (Å²) in [5.74, 6) is -0.144. The summed E-state index contributed by atoms with van der Waals surface area (Å²) in [6.45, 7) is 1.42. The molecule has 0 bridgehead atoms. The molecule has 4 aromatic rings. The summed E-state index contributed by atoms with van der Waals surface area (Å²) in [5.41, 5.74) is 1.58. The fourth-order valence-electron chi connectivity index (χ4n) is 4.94. The molecule has 1 amide bonds. The summed E-state index contributed by atoms with van der Waals surface area (Å²) in [7, 11) is -1.31. The Morgan fingerprint density at radius 3 is 2.35 bits per heavy atom. The van der Waals surface area contributed by atoms with Crippen molar-refractivity contribution >= 4 is 68.5 Å². The highest BCUT2D eigenvalue weighted by molar-refractivity contribution is 7.89. The largest absolute Gasteiger partial charge is 0.497 e. The highest BCUT2D eigenvalue weighted by Crippen LogP contribution is 2.37. The van der Waals surface area contributed by atoms with Gasteiger partial charge in [0.05, 0.1) is 52.5 Å². The van der Waals surface area contributed by atoms with Crippen molar-refractivity contribution in [3.05, 3.63) is 128 Å². The monoisotopic (exact) mass is 700 g/mol. The number of sulfonamides is 1. The number of carbonyl (C=O) groups is 2. The standard InChI is InChI=1S/C33H27Cl3N2O7S/c1-20-31(33(40)44-3)28(32(39)38(20)23-5-4-6-24(16-23)43-2)17-25-10-11-26(45-25)19-37(18-21-7-14-29(35)30(36)15-21)46(41,42)27-12-8-22(34)9-13-27/h4-17H,18-19H2,1-3H3/b28-17+. The van der Waals surface area contributed by atoms with Gasteiger partial charge in [-0.15, -0.1) is 0 Å². The molecule has 238 valence electrons. The zero-order chi connectivity index (χ0) is 33.2. The minimum absolute atomic E-state index is 0.0309. The van der Waals surface area contributed by atoms with Crippen LogP contribution < -0.4 is 9.64 Å². The molecule has 5 rings (SSSR count). The molecule has 0 spiro atoms. The number of esters is 1. The number of benzene rings is 3. The number of halogens is 3. The van der Waals surface area contributed by atoms with E-state index in [0.29, 0.717) is 32.7 Å². The van der Waals surface area contributed by atoms with Crippen molar-refractivity contribution in [1.29, 1.82) is 0 Å². The summed E-state index contributed by atoms with van der Waals surface area (Å²) in [4.78, 5) is 28.0. The van der Waals surface area contributed by atoms with Crippen LogP contribution >= 0.6 is 34.8 Å². The molecule has 1 aromatic heterocycles. The highest BCUT2D eigenvalue weighted by Gasteiger charge is 2.38. The Morgan fingerprint density at radius 1 is 0.935 bits per heavy atom. The lowest BCUT2D eigenvalue weighted by Gasteiger charge is -2.22. The van der Waals surface area contributed by atoms with Crippen LogP contribution in [0.1, 0.15) is 24.0 Å². The van der Waals surface area contributed by atoms with E-state index >= 15 is 0 Å². The third-order valence-electron chi connectivity index (χ3n) is 7.20. The third-order valence-corrected chi connectivity index (χ3v) is 9.99. The van der Waals surface area contributed by atoms with Crippen LogP contribution in [0.4, 0.5) is 5.69 Å². The molecular weight excluding hydrogens is 675 g/mol. The zero-order valence-electron chi connectivity index (χ0n) is 24.8. The number of hydrogen-bond acceptors (Lipinski definition) is 7. The minimum atomic E-state index is -4.05. The fourth-order valence-corrected chi connectivity index (χ4v) is 6.78. The van der Waals surface area contributed by atoms with E-state index in [9.17, 15) is 18.0 Å². The number of nitrogens with zero attached hydrogens (tertiary/aromatic N) is 2. The van der Waals surface area contributed by atoms with Crippen LogP contribution in [0.25, 0.3) is 6.08 Å². The summed E-state index contributed by atoms with van der Waals surface area (Å²) in [5, 5.41) is 1.01. The Hall–Kier alpha value is -4.06. The quantitative estimate of drug-likeness (QED) is 0.124. The van der Waals surface area contributed by atoms with Gasteiger partial charge in [0.2, 0.25) is 10.0 Å². The lowest BCUT2D eigenvalue weighted by molar-refractivity contribution is -0.136. The zero-order valence-corrected chi connectivity index (χ0v) is 27.9. The van der Waals surface area contributed by atoms with E-state index in [2.05, 4.69) is 0 Å². The van der Waals surface area contributed by atoms with Crippen LogP contribution in [-0.4, -0.2) is 38.8 Å². The molecule has 1 aliphatic rings.